The fourth-order valence-corrected chi connectivity index (χ4v) is 1.96. The van der Waals surface area contributed by atoms with Crippen molar-refractivity contribution in [3.05, 3.63) is 17.5 Å². The largest absolute Gasteiger partial charge is 0.389 e. The summed E-state index contributed by atoms with van der Waals surface area (Å²) in [6, 6.07) is 1.98. The summed E-state index contributed by atoms with van der Waals surface area (Å²) in [5.41, 5.74) is 2.00. The highest BCUT2D eigenvalue weighted by Crippen LogP contribution is 2.04. The van der Waals surface area contributed by atoms with Gasteiger partial charge in [-0.2, -0.15) is 5.10 Å². The minimum Gasteiger partial charge on any atom is -0.389 e. The van der Waals surface area contributed by atoms with Crippen LogP contribution in [0.25, 0.3) is 0 Å². The van der Waals surface area contributed by atoms with Gasteiger partial charge in [-0.3, -0.25) is 9.48 Å². The third kappa shape index (κ3) is 5.00. The number of rotatable bonds is 7. The number of amides is 1. The van der Waals surface area contributed by atoms with E-state index in [9.17, 15) is 9.90 Å². The van der Waals surface area contributed by atoms with Crippen LogP contribution in [-0.4, -0.2) is 59.1 Å². The number of aromatic nitrogens is 2. The van der Waals surface area contributed by atoms with Crippen molar-refractivity contribution in [1.82, 2.24) is 14.7 Å². The average Bonchev–Trinajstić information content (AvgIpc) is 2.64. The number of hydrogen-bond acceptors (Lipinski definition) is 4. The number of ether oxygens (including phenoxy) is 1. The van der Waals surface area contributed by atoms with Crippen molar-refractivity contribution in [3.63, 3.8) is 0 Å². The van der Waals surface area contributed by atoms with Crippen molar-refractivity contribution in [1.29, 1.82) is 0 Å². The van der Waals surface area contributed by atoms with Gasteiger partial charge in [-0.1, -0.05) is 0 Å². The molecule has 1 amide bonds. The molecule has 0 aliphatic rings. The third-order valence-electron chi connectivity index (χ3n) is 2.91. The van der Waals surface area contributed by atoms with Gasteiger partial charge in [0.25, 0.3) is 0 Å². The Hall–Kier alpha value is -1.40. The van der Waals surface area contributed by atoms with Crippen LogP contribution < -0.4 is 0 Å². The Kier molecular flexibility index (Phi) is 5.98. The Balaban J connectivity index is 2.40. The van der Waals surface area contributed by atoms with Gasteiger partial charge in [0.1, 0.15) is 0 Å². The zero-order valence-electron chi connectivity index (χ0n) is 12.1. The van der Waals surface area contributed by atoms with E-state index in [1.165, 1.54) is 12.0 Å². The Morgan fingerprint density at radius 3 is 2.79 bits per heavy atom. The highest BCUT2D eigenvalue weighted by Gasteiger charge is 2.14. The Morgan fingerprint density at radius 1 is 1.58 bits per heavy atom. The first-order valence-electron chi connectivity index (χ1n) is 6.36. The van der Waals surface area contributed by atoms with Crippen LogP contribution in [0.1, 0.15) is 17.8 Å². The van der Waals surface area contributed by atoms with Crippen LogP contribution in [0.15, 0.2) is 6.07 Å². The van der Waals surface area contributed by atoms with Crippen molar-refractivity contribution in [2.45, 2.75) is 32.9 Å². The molecule has 6 nitrogen and oxygen atoms in total. The number of nitrogens with zero attached hydrogens (tertiary/aromatic N) is 3. The van der Waals surface area contributed by atoms with Crippen molar-refractivity contribution < 1.29 is 14.6 Å². The molecule has 19 heavy (non-hydrogen) atoms. The molecule has 6 heteroatoms. The highest BCUT2D eigenvalue weighted by atomic mass is 16.5. The Bertz CT molecular complexity index is 417. The maximum atomic E-state index is 11.9. The highest BCUT2D eigenvalue weighted by molar-refractivity contribution is 5.75. The second-order valence-electron chi connectivity index (χ2n) is 4.78. The minimum atomic E-state index is -0.646. The van der Waals surface area contributed by atoms with E-state index in [1.54, 1.807) is 7.05 Å². The van der Waals surface area contributed by atoms with Gasteiger partial charge < -0.3 is 14.7 Å². The van der Waals surface area contributed by atoms with Gasteiger partial charge in [0.15, 0.2) is 0 Å². The summed E-state index contributed by atoms with van der Waals surface area (Å²) >= 11 is 0. The standard InChI is InChI=1S/C13H23N3O3/c1-10-7-11(2)16(14-10)6-5-13(18)15(3)8-12(17)9-19-4/h7,12,17H,5-6,8-9H2,1-4H3. The minimum absolute atomic E-state index is 0.0114. The number of carbonyl (C=O) groups is 1. The van der Waals surface area contributed by atoms with Gasteiger partial charge in [-0.15, -0.1) is 0 Å². The Labute approximate surface area is 114 Å². The lowest BCUT2D eigenvalue weighted by molar-refractivity contribution is -0.131. The molecular formula is C13H23N3O3. The molecule has 1 N–H and O–H groups in total. The molecule has 1 rings (SSSR count). The van der Waals surface area contributed by atoms with Crippen LogP contribution in [0.4, 0.5) is 0 Å². The Morgan fingerprint density at radius 2 is 2.26 bits per heavy atom. The number of aliphatic hydroxyl groups excluding tert-OH is 1. The van der Waals surface area contributed by atoms with Gasteiger partial charge in [-0.05, 0) is 19.9 Å². The molecule has 0 saturated heterocycles. The molecule has 108 valence electrons. The van der Waals surface area contributed by atoms with E-state index in [2.05, 4.69) is 5.10 Å². The molecule has 0 saturated carbocycles. The zero-order chi connectivity index (χ0) is 14.4. The van der Waals surface area contributed by atoms with E-state index in [-0.39, 0.29) is 19.1 Å². The monoisotopic (exact) mass is 269 g/mol. The van der Waals surface area contributed by atoms with Crippen molar-refractivity contribution >= 4 is 5.91 Å². The number of hydrogen-bond donors (Lipinski definition) is 1. The number of carbonyl (C=O) groups excluding carboxylic acids is 1. The average molecular weight is 269 g/mol. The lowest BCUT2D eigenvalue weighted by atomic mass is 10.3. The van der Waals surface area contributed by atoms with E-state index in [0.717, 1.165) is 11.4 Å². The second kappa shape index (κ2) is 7.25. The molecule has 1 aromatic heterocycles. The predicted molar refractivity (Wildman–Crippen MR) is 71.8 cm³/mol. The van der Waals surface area contributed by atoms with Gasteiger partial charge in [0.2, 0.25) is 5.91 Å². The van der Waals surface area contributed by atoms with E-state index in [0.29, 0.717) is 13.0 Å². The summed E-state index contributed by atoms with van der Waals surface area (Å²) in [4.78, 5) is 13.4. The van der Waals surface area contributed by atoms with E-state index >= 15 is 0 Å². The first-order chi connectivity index (χ1) is 8.93. The van der Waals surface area contributed by atoms with Crippen LogP contribution in [0, 0.1) is 13.8 Å². The number of likely N-dealkylation sites (N-methyl/N-ethyl adjacent to an activating group) is 1. The van der Waals surface area contributed by atoms with E-state index < -0.39 is 6.10 Å². The van der Waals surface area contributed by atoms with Gasteiger partial charge in [0.05, 0.1) is 18.4 Å². The first kappa shape index (κ1) is 15.7. The number of aliphatic hydroxyl groups is 1. The van der Waals surface area contributed by atoms with Crippen LogP contribution >= 0.6 is 0 Å². The van der Waals surface area contributed by atoms with Crippen LogP contribution in [0.3, 0.4) is 0 Å². The summed E-state index contributed by atoms with van der Waals surface area (Å²) in [5, 5.41) is 13.9. The smallest absolute Gasteiger partial charge is 0.224 e. The predicted octanol–water partition coefficient (Wildman–Crippen LogP) is 0.356. The molecule has 1 unspecified atom stereocenters. The maximum Gasteiger partial charge on any atom is 0.224 e. The number of aryl methyl sites for hydroxylation is 3. The number of methoxy groups -OCH3 is 1. The van der Waals surface area contributed by atoms with Gasteiger partial charge >= 0.3 is 0 Å². The summed E-state index contributed by atoms with van der Waals surface area (Å²) in [6.07, 6.45) is -0.273. The molecular weight excluding hydrogens is 246 g/mol. The lowest BCUT2D eigenvalue weighted by Gasteiger charge is -2.20. The summed E-state index contributed by atoms with van der Waals surface area (Å²) in [7, 11) is 3.20. The SMILES string of the molecule is COCC(O)CN(C)C(=O)CCn1nc(C)cc1C. The maximum absolute atomic E-state index is 11.9. The molecule has 1 aromatic rings. The molecule has 0 aliphatic heterocycles. The zero-order valence-corrected chi connectivity index (χ0v) is 12.1. The molecule has 0 aliphatic carbocycles. The van der Waals surface area contributed by atoms with Gasteiger partial charge in [0, 0.05) is 39.4 Å². The van der Waals surface area contributed by atoms with Crippen molar-refractivity contribution in [2.24, 2.45) is 0 Å². The summed E-state index contributed by atoms with van der Waals surface area (Å²) in [5.74, 6) is -0.0114. The molecule has 0 spiro atoms. The quantitative estimate of drug-likeness (QED) is 0.776. The molecule has 1 heterocycles. The normalized spacial score (nSPS) is 12.5. The van der Waals surface area contributed by atoms with E-state index in [1.807, 2.05) is 24.6 Å². The van der Waals surface area contributed by atoms with Crippen molar-refractivity contribution in [3.8, 4) is 0 Å². The van der Waals surface area contributed by atoms with Crippen LogP contribution in [0.5, 0.6) is 0 Å². The van der Waals surface area contributed by atoms with Crippen LogP contribution in [0.2, 0.25) is 0 Å². The first-order valence-corrected chi connectivity index (χ1v) is 6.36. The molecule has 0 bridgehead atoms. The summed E-state index contributed by atoms with van der Waals surface area (Å²) < 4.78 is 6.66. The van der Waals surface area contributed by atoms with Crippen LogP contribution in [-0.2, 0) is 16.1 Å². The molecule has 0 aromatic carbocycles. The second-order valence-corrected chi connectivity index (χ2v) is 4.78. The molecule has 0 fully saturated rings. The fraction of sp³-hybridized carbons (Fsp3) is 0.692. The topological polar surface area (TPSA) is 67.6 Å². The summed E-state index contributed by atoms with van der Waals surface area (Å²) in [6.45, 7) is 4.97. The van der Waals surface area contributed by atoms with E-state index in [4.69, 9.17) is 4.74 Å². The van der Waals surface area contributed by atoms with Crippen molar-refractivity contribution in [2.75, 3.05) is 27.3 Å². The lowest BCUT2D eigenvalue weighted by Crippen LogP contribution is -2.36. The molecule has 0 radical (unpaired) electrons. The van der Waals surface area contributed by atoms with Gasteiger partial charge in [-0.25, -0.2) is 0 Å². The molecule has 1 atom stereocenters. The fourth-order valence-electron chi connectivity index (χ4n) is 1.96. The third-order valence-corrected chi connectivity index (χ3v) is 2.91.